The van der Waals surface area contributed by atoms with Gasteiger partial charge in [-0.15, -0.1) is 0 Å². The van der Waals surface area contributed by atoms with Crippen LogP contribution in [0.1, 0.15) is 0 Å². The first-order valence-corrected chi connectivity index (χ1v) is 22.4. The Bertz CT molecular complexity index is 2010. The van der Waals surface area contributed by atoms with Crippen LogP contribution in [0.3, 0.4) is 0 Å². The van der Waals surface area contributed by atoms with Gasteiger partial charge in [-0.05, 0) is 0 Å². The molecule has 6 aromatic rings. The summed E-state index contributed by atoms with van der Waals surface area (Å²) in [5.74, 6) is 0. The van der Waals surface area contributed by atoms with Gasteiger partial charge in [0.1, 0.15) is 0 Å². The molecule has 0 radical (unpaired) electrons. The van der Waals surface area contributed by atoms with Crippen LogP contribution in [0, 0.1) is 30.3 Å². The van der Waals surface area contributed by atoms with Gasteiger partial charge in [0.2, 0.25) is 0 Å². The van der Waals surface area contributed by atoms with Crippen molar-refractivity contribution in [1.82, 2.24) is 0 Å². The first-order chi connectivity index (χ1) is 24.0. The van der Waals surface area contributed by atoms with E-state index in [9.17, 15) is 30.3 Å². The maximum absolute atomic E-state index is 12.0. The van der Waals surface area contributed by atoms with E-state index in [1.807, 2.05) is 54.6 Å². The van der Waals surface area contributed by atoms with Gasteiger partial charge in [-0.2, -0.15) is 0 Å². The zero-order valence-corrected chi connectivity index (χ0v) is 32.5. The summed E-state index contributed by atoms with van der Waals surface area (Å²) in [6.45, 7) is -7.52. The normalized spacial score (nSPS) is 12.2. The number of hydrogen-bond acceptors (Lipinski definition) is 6. The number of hydrogen-bond donors (Lipinski definition) is 0. The van der Waals surface area contributed by atoms with Crippen LogP contribution >= 0.6 is 61.7 Å². The van der Waals surface area contributed by atoms with E-state index in [0.29, 0.717) is 0 Å². The Labute approximate surface area is 312 Å². The number of non-ortho nitro benzene ring substituents is 3. The quantitative estimate of drug-likeness (QED) is 0.0773. The van der Waals surface area contributed by atoms with Crippen molar-refractivity contribution < 1.29 is 14.8 Å². The van der Waals surface area contributed by atoms with Crippen LogP contribution in [-0.4, -0.2) is 14.8 Å². The first kappa shape index (κ1) is 35.6. The summed E-state index contributed by atoms with van der Waals surface area (Å²) in [6.07, 6.45) is 0. The summed E-state index contributed by atoms with van der Waals surface area (Å²) < 4.78 is 2.46. The van der Waals surface area contributed by atoms with Gasteiger partial charge in [-0.1, -0.05) is 0 Å². The topological polar surface area (TPSA) is 129 Å². The molecule has 14 heteroatoms. The molecule has 0 saturated carbocycles. The molecule has 6 aromatic carbocycles. The monoisotopic (exact) mass is 895 g/mol. The molecule has 0 fully saturated rings. The third kappa shape index (κ3) is 5.99. The summed E-state index contributed by atoms with van der Waals surface area (Å²) in [4.78, 5) is 34.6. The van der Waals surface area contributed by atoms with Crippen LogP contribution in [0.15, 0.2) is 159 Å². The van der Waals surface area contributed by atoms with Crippen molar-refractivity contribution in [2.45, 2.75) is 0 Å². The number of benzene rings is 6. The molecule has 0 aliphatic rings. The van der Waals surface area contributed by atoms with E-state index < -0.39 is 28.7 Å². The second-order valence-electron chi connectivity index (χ2n) is 11.4. The van der Waals surface area contributed by atoms with Crippen molar-refractivity contribution in [1.29, 1.82) is 0 Å². The molecule has 0 unspecified atom stereocenters. The van der Waals surface area contributed by atoms with E-state index >= 15 is 0 Å². The van der Waals surface area contributed by atoms with Gasteiger partial charge in [-0.25, -0.2) is 0 Å². The van der Waals surface area contributed by atoms with E-state index in [2.05, 4.69) is 66.0 Å². The zero-order chi connectivity index (χ0) is 35.6. The number of nitro groups is 3. The Morgan fingerprint density at radius 1 is 0.360 bits per heavy atom. The fourth-order valence-electron chi connectivity index (χ4n) is 6.99. The average Bonchev–Trinajstić information content (AvgIpc) is 3.12. The van der Waals surface area contributed by atoms with Crippen molar-refractivity contribution in [3.8, 4) is 0 Å². The number of rotatable bonds is 10. The summed E-state index contributed by atoms with van der Waals surface area (Å²) >= 11 is 11.8. The predicted octanol–water partition coefficient (Wildman–Crippen LogP) is 8.37. The van der Waals surface area contributed by atoms with E-state index in [1.165, 1.54) is 36.4 Å². The molecule has 50 heavy (non-hydrogen) atoms. The van der Waals surface area contributed by atoms with Gasteiger partial charge in [-0.3, -0.25) is 0 Å². The Hall–Kier alpha value is -4.18. The van der Waals surface area contributed by atoms with Gasteiger partial charge < -0.3 is 0 Å². The van der Waals surface area contributed by atoms with Gasteiger partial charge in [0.25, 0.3) is 0 Å². The van der Waals surface area contributed by atoms with Gasteiger partial charge in [0, 0.05) is 0 Å². The SMILES string of the molecule is O=[N+]([O-])c1ccc([PH](c2ccc([N+](=O)[O-])cc2)(c2ccc([N+](=O)[O-])cc2)[PH](c2ccccc2Br)(c2ccccc2Br)c2ccccc2Br)cc1. The molecule has 0 atom stereocenters. The fourth-order valence-corrected chi connectivity index (χ4v) is 31.9. The number of nitro benzene ring substituents is 3. The third-order valence-corrected chi connectivity index (χ3v) is 29.0. The van der Waals surface area contributed by atoms with Gasteiger partial charge in [0.05, 0.1) is 0 Å². The molecule has 0 saturated heterocycles. The van der Waals surface area contributed by atoms with Crippen LogP contribution in [-0.2, 0) is 0 Å². The van der Waals surface area contributed by atoms with E-state index in [-0.39, 0.29) is 17.1 Å². The van der Waals surface area contributed by atoms with Crippen molar-refractivity contribution in [3.05, 3.63) is 189 Å². The summed E-state index contributed by atoms with van der Waals surface area (Å²) in [6, 6.07) is 43.4. The fraction of sp³-hybridized carbons (Fsp3) is 0. The molecule has 0 spiro atoms. The Morgan fingerprint density at radius 3 is 0.820 bits per heavy atom. The van der Waals surface area contributed by atoms with Gasteiger partial charge >= 0.3 is 315 Å². The Morgan fingerprint density at radius 2 is 0.600 bits per heavy atom. The van der Waals surface area contributed by atoms with Crippen molar-refractivity contribution in [2.24, 2.45) is 0 Å². The molecule has 0 aliphatic carbocycles. The minimum absolute atomic E-state index is 0.0982. The van der Waals surface area contributed by atoms with E-state index in [4.69, 9.17) is 0 Å². The molecule has 0 aromatic heterocycles. The van der Waals surface area contributed by atoms with Crippen molar-refractivity contribution in [2.75, 3.05) is 0 Å². The summed E-state index contributed by atoms with van der Waals surface area (Å²) in [7, 11) is 0. The maximum atomic E-state index is 12.0. The second kappa shape index (κ2) is 14.6. The Kier molecular flexibility index (Phi) is 10.4. The molecule has 0 aliphatic heterocycles. The molecule has 0 amide bonds. The van der Waals surface area contributed by atoms with Crippen LogP contribution in [0.2, 0.25) is 0 Å². The third-order valence-electron chi connectivity index (χ3n) is 8.93. The summed E-state index contributed by atoms with van der Waals surface area (Å²) in [5, 5.41) is 41.2. The molecule has 0 heterocycles. The number of halogens is 3. The van der Waals surface area contributed by atoms with Crippen LogP contribution in [0.25, 0.3) is 0 Å². The molecular weight excluding hydrogens is 872 g/mol. The number of nitrogens with zero attached hydrogens (tertiary/aromatic N) is 3. The zero-order valence-electron chi connectivity index (χ0n) is 25.8. The average molecular weight is 898 g/mol. The molecule has 6 rings (SSSR count). The molecule has 0 N–H and O–H groups in total. The predicted molar refractivity (Wildman–Crippen MR) is 216 cm³/mol. The van der Waals surface area contributed by atoms with Crippen LogP contribution < -0.4 is 31.8 Å². The van der Waals surface area contributed by atoms with Crippen molar-refractivity contribution >= 4 is 111 Å². The molecular formula is C36H26Br3N3O6P2. The molecule has 0 bridgehead atoms. The van der Waals surface area contributed by atoms with Crippen molar-refractivity contribution in [3.63, 3.8) is 0 Å². The second-order valence-corrected chi connectivity index (χ2v) is 24.8. The van der Waals surface area contributed by atoms with Gasteiger partial charge in [0.15, 0.2) is 0 Å². The van der Waals surface area contributed by atoms with E-state index in [1.54, 1.807) is 36.4 Å². The first-order valence-electron chi connectivity index (χ1n) is 15.0. The molecule has 9 nitrogen and oxygen atoms in total. The van der Waals surface area contributed by atoms with E-state index in [0.717, 1.165) is 45.2 Å². The Balaban J connectivity index is 1.99. The standard InChI is InChI=1S/C36H26Br3N3O6P2/c37-31-7-1-4-10-34(31)50(35-11-5-2-8-32(35)38,36-12-6-3-9-33(36)39)49(28-19-13-25(14-20-28)40(43)44,29-21-15-26(16-22-29)41(45)46)30-23-17-27(18-24-30)42(47)48/h1-24,49-50H. The minimum atomic E-state index is -3.81. The summed E-state index contributed by atoms with van der Waals surface area (Å²) in [5.41, 5.74) is -0.294. The van der Waals surface area contributed by atoms with Crippen LogP contribution in [0.4, 0.5) is 17.1 Å². The molecule has 252 valence electrons. The van der Waals surface area contributed by atoms with Crippen LogP contribution in [0.5, 0.6) is 0 Å².